The number of hydrogen-bond donors (Lipinski definition) is 3. The highest BCUT2D eigenvalue weighted by Crippen LogP contribution is 2.89. The highest BCUT2D eigenvalue weighted by Gasteiger charge is 2.84. The Hall–Kier alpha value is -0.200. The first kappa shape index (κ1) is 27.9. The molecule has 0 amide bonds. The summed E-state index contributed by atoms with van der Waals surface area (Å²) >= 11 is 0. The SMILES string of the molecule is CC(C)OC(C)(C)[C@H](O)C1C[C@@H](C)[C@H]2C(O1)[C@H](O)[C@@]1(C)C3CC[C@H]4C(C)(C)C(O)CC[C@@]45C[C@@]35CC[C@]21C. The standard InChI is InChI=1S/C33H56O5/c1-18(2)38-29(6,7)26(35)20-16-19(3)24-25(37-20)27(36)31(9)22-11-10-21-28(4,5)23(34)12-13-32(21)17-33(22,32)15-14-30(24,31)8/h18-27,34-36H,10-17H2,1-9H3/t19-,20?,21+,22?,23?,24+,25?,26-,27+,30-,31-,32-,33+/m1/s1. The van der Waals surface area contributed by atoms with Gasteiger partial charge in [-0.25, -0.2) is 0 Å². The maximum atomic E-state index is 12.3. The fourth-order valence-corrected chi connectivity index (χ4v) is 12.7. The van der Waals surface area contributed by atoms with Crippen LogP contribution in [0.15, 0.2) is 0 Å². The predicted molar refractivity (Wildman–Crippen MR) is 148 cm³/mol. The van der Waals surface area contributed by atoms with E-state index in [-0.39, 0.29) is 40.7 Å². The van der Waals surface area contributed by atoms with Crippen molar-refractivity contribution in [2.75, 3.05) is 0 Å². The van der Waals surface area contributed by atoms with Gasteiger partial charge in [0.25, 0.3) is 0 Å². The van der Waals surface area contributed by atoms with Crippen molar-refractivity contribution in [3.8, 4) is 0 Å². The van der Waals surface area contributed by atoms with E-state index in [0.717, 1.165) is 32.1 Å². The summed E-state index contributed by atoms with van der Waals surface area (Å²) in [6.45, 7) is 19.8. The van der Waals surface area contributed by atoms with Crippen LogP contribution in [-0.2, 0) is 9.47 Å². The van der Waals surface area contributed by atoms with E-state index in [1.165, 1.54) is 19.3 Å². The van der Waals surface area contributed by atoms with Gasteiger partial charge in [-0.3, -0.25) is 0 Å². The third kappa shape index (κ3) is 3.18. The molecule has 13 atom stereocenters. The first-order valence-electron chi connectivity index (χ1n) is 15.9. The second-order valence-corrected chi connectivity index (χ2v) is 16.8. The molecule has 0 aromatic carbocycles. The lowest BCUT2D eigenvalue weighted by Crippen LogP contribution is -2.59. The molecule has 0 radical (unpaired) electrons. The molecule has 3 N–H and O–H groups in total. The van der Waals surface area contributed by atoms with Crippen molar-refractivity contribution in [1.29, 1.82) is 0 Å². The van der Waals surface area contributed by atoms with E-state index in [0.29, 0.717) is 34.5 Å². The van der Waals surface area contributed by atoms with Gasteiger partial charge in [0.2, 0.25) is 0 Å². The van der Waals surface area contributed by atoms with Gasteiger partial charge in [-0.2, -0.15) is 0 Å². The average molecular weight is 533 g/mol. The number of fused-ring (bicyclic) bond motifs is 4. The highest BCUT2D eigenvalue weighted by molar-refractivity contribution is 5.32. The molecule has 4 unspecified atom stereocenters. The molecule has 0 bridgehead atoms. The molecule has 1 aliphatic heterocycles. The van der Waals surface area contributed by atoms with Crippen molar-refractivity contribution >= 4 is 0 Å². The van der Waals surface area contributed by atoms with E-state index in [4.69, 9.17) is 9.47 Å². The lowest BCUT2D eigenvalue weighted by Gasteiger charge is -2.63. The summed E-state index contributed by atoms with van der Waals surface area (Å²) in [5.41, 5.74) is -0.260. The van der Waals surface area contributed by atoms with Crippen LogP contribution in [0.4, 0.5) is 0 Å². The van der Waals surface area contributed by atoms with Crippen molar-refractivity contribution in [3.63, 3.8) is 0 Å². The van der Waals surface area contributed by atoms with Crippen LogP contribution < -0.4 is 0 Å². The van der Waals surface area contributed by atoms with E-state index in [1.807, 2.05) is 27.7 Å². The van der Waals surface area contributed by atoms with Gasteiger partial charge in [0.15, 0.2) is 0 Å². The van der Waals surface area contributed by atoms with Crippen LogP contribution >= 0.6 is 0 Å². The third-order valence-electron chi connectivity index (χ3n) is 14.4. The Bertz CT molecular complexity index is 961. The molecule has 6 rings (SSSR count). The molecular formula is C33H56O5. The zero-order valence-corrected chi connectivity index (χ0v) is 25.6. The number of aliphatic hydroxyl groups excluding tert-OH is 3. The first-order valence-corrected chi connectivity index (χ1v) is 15.9. The second-order valence-electron chi connectivity index (χ2n) is 16.8. The topological polar surface area (TPSA) is 79.2 Å². The molecule has 218 valence electrons. The molecule has 5 saturated carbocycles. The molecule has 6 aliphatic rings. The molecule has 5 nitrogen and oxygen atoms in total. The van der Waals surface area contributed by atoms with Crippen LogP contribution in [0.5, 0.6) is 0 Å². The average Bonchev–Trinajstić information content (AvgIpc) is 3.45. The van der Waals surface area contributed by atoms with Crippen LogP contribution in [0.1, 0.15) is 114 Å². The Kier molecular flexibility index (Phi) is 6.04. The largest absolute Gasteiger partial charge is 0.393 e. The van der Waals surface area contributed by atoms with Crippen LogP contribution in [-0.4, -0.2) is 57.5 Å². The Morgan fingerprint density at radius 3 is 2.21 bits per heavy atom. The van der Waals surface area contributed by atoms with Gasteiger partial charge in [-0.1, -0.05) is 34.6 Å². The van der Waals surface area contributed by atoms with Crippen LogP contribution in [0.2, 0.25) is 0 Å². The van der Waals surface area contributed by atoms with Crippen molar-refractivity contribution in [1.82, 2.24) is 0 Å². The van der Waals surface area contributed by atoms with Gasteiger partial charge in [-0.05, 0) is 124 Å². The molecule has 1 saturated heterocycles. The molecule has 1 heterocycles. The third-order valence-corrected chi connectivity index (χ3v) is 14.4. The Balaban J connectivity index is 1.32. The summed E-state index contributed by atoms with van der Waals surface area (Å²) in [6.07, 6.45) is 6.89. The zero-order valence-electron chi connectivity index (χ0n) is 25.6. The number of rotatable bonds is 4. The van der Waals surface area contributed by atoms with Crippen LogP contribution in [0.3, 0.4) is 0 Å². The van der Waals surface area contributed by atoms with Crippen molar-refractivity contribution < 1.29 is 24.8 Å². The minimum Gasteiger partial charge on any atom is -0.393 e. The smallest absolute Gasteiger partial charge is 0.109 e. The molecule has 0 aromatic rings. The fourth-order valence-electron chi connectivity index (χ4n) is 12.7. The molecule has 2 spiro atoms. The Morgan fingerprint density at radius 1 is 0.921 bits per heavy atom. The van der Waals surface area contributed by atoms with Gasteiger partial charge in [-0.15, -0.1) is 0 Å². The summed E-state index contributed by atoms with van der Waals surface area (Å²) in [5, 5.41) is 34.7. The Morgan fingerprint density at radius 2 is 1.55 bits per heavy atom. The summed E-state index contributed by atoms with van der Waals surface area (Å²) in [7, 11) is 0. The monoisotopic (exact) mass is 532 g/mol. The van der Waals surface area contributed by atoms with E-state index >= 15 is 0 Å². The van der Waals surface area contributed by atoms with Gasteiger partial charge in [0.05, 0.1) is 36.1 Å². The number of ether oxygens (including phenoxy) is 2. The van der Waals surface area contributed by atoms with Crippen molar-refractivity contribution in [2.45, 2.75) is 156 Å². The molecule has 38 heavy (non-hydrogen) atoms. The fraction of sp³-hybridized carbons (Fsp3) is 1.00. The van der Waals surface area contributed by atoms with Crippen LogP contribution in [0, 0.1) is 50.7 Å². The molecule has 6 fully saturated rings. The lowest BCUT2D eigenvalue weighted by atomic mass is 9.41. The van der Waals surface area contributed by atoms with E-state index < -0.39 is 17.8 Å². The molecule has 5 aliphatic carbocycles. The molecule has 5 heteroatoms. The van der Waals surface area contributed by atoms with Crippen LogP contribution in [0.25, 0.3) is 0 Å². The maximum absolute atomic E-state index is 12.3. The summed E-state index contributed by atoms with van der Waals surface area (Å²) < 4.78 is 12.9. The van der Waals surface area contributed by atoms with E-state index in [1.54, 1.807) is 0 Å². The van der Waals surface area contributed by atoms with Crippen molar-refractivity contribution in [3.05, 3.63) is 0 Å². The highest BCUT2D eigenvalue weighted by atomic mass is 16.5. The van der Waals surface area contributed by atoms with Gasteiger partial charge in [0.1, 0.15) is 6.10 Å². The minimum atomic E-state index is -0.742. The second kappa shape index (κ2) is 8.21. The lowest BCUT2D eigenvalue weighted by molar-refractivity contribution is -0.218. The molecule has 0 aromatic heterocycles. The Labute approximate surface area is 231 Å². The van der Waals surface area contributed by atoms with Gasteiger partial charge >= 0.3 is 0 Å². The maximum Gasteiger partial charge on any atom is 0.109 e. The molecular weight excluding hydrogens is 476 g/mol. The predicted octanol–water partition coefficient (Wildman–Crippen LogP) is 5.73. The minimum absolute atomic E-state index is 0.0204. The van der Waals surface area contributed by atoms with Gasteiger partial charge < -0.3 is 24.8 Å². The summed E-state index contributed by atoms with van der Waals surface area (Å²) in [6, 6.07) is 0. The first-order chi connectivity index (χ1) is 17.5. The normalized spacial score (nSPS) is 55.8. The van der Waals surface area contributed by atoms with Crippen molar-refractivity contribution in [2.24, 2.45) is 50.7 Å². The van der Waals surface area contributed by atoms with Gasteiger partial charge in [0, 0.05) is 5.41 Å². The van der Waals surface area contributed by atoms with E-state index in [9.17, 15) is 15.3 Å². The number of hydrogen-bond acceptors (Lipinski definition) is 5. The number of aliphatic hydroxyl groups is 3. The van der Waals surface area contributed by atoms with E-state index in [2.05, 4.69) is 34.6 Å². The quantitative estimate of drug-likeness (QED) is 0.431. The zero-order chi connectivity index (χ0) is 27.8. The summed E-state index contributed by atoms with van der Waals surface area (Å²) in [4.78, 5) is 0. The summed E-state index contributed by atoms with van der Waals surface area (Å²) in [5.74, 6) is 1.75.